The summed E-state index contributed by atoms with van der Waals surface area (Å²) in [6.07, 6.45) is 0.271. The van der Waals surface area contributed by atoms with E-state index in [0.717, 1.165) is 31.3 Å². The average molecular weight is 297 g/mol. The number of hydrogen-bond acceptors (Lipinski definition) is 3. The smallest absolute Gasteiger partial charge is 0.0827 e. The third-order valence-corrected chi connectivity index (χ3v) is 4.14. The van der Waals surface area contributed by atoms with E-state index in [1.165, 1.54) is 5.56 Å². The lowest BCUT2D eigenvalue weighted by molar-refractivity contribution is -0.0379. The lowest BCUT2D eigenvalue weighted by Gasteiger charge is -2.36. The van der Waals surface area contributed by atoms with Gasteiger partial charge in [0.1, 0.15) is 0 Å². The molecule has 1 aromatic rings. The summed E-state index contributed by atoms with van der Waals surface area (Å²) in [7, 11) is 0. The van der Waals surface area contributed by atoms with Gasteiger partial charge >= 0.3 is 0 Å². The molecule has 0 radical (unpaired) electrons. The van der Waals surface area contributed by atoms with Crippen molar-refractivity contribution in [3.05, 3.63) is 34.9 Å². The minimum absolute atomic E-state index is 0.271. The topological polar surface area (TPSA) is 24.5 Å². The summed E-state index contributed by atoms with van der Waals surface area (Å²) in [6, 6.07) is 8.89. The van der Waals surface area contributed by atoms with E-state index in [2.05, 4.69) is 37.1 Å². The Bertz CT molecular complexity index is 425. The van der Waals surface area contributed by atoms with Gasteiger partial charge in [0.25, 0.3) is 0 Å². The molecule has 1 fully saturated rings. The molecule has 1 aliphatic rings. The summed E-state index contributed by atoms with van der Waals surface area (Å²) in [4.78, 5) is 2.47. The van der Waals surface area contributed by atoms with Crippen LogP contribution in [0.3, 0.4) is 0 Å². The van der Waals surface area contributed by atoms with Crippen molar-refractivity contribution in [1.29, 1.82) is 0 Å². The van der Waals surface area contributed by atoms with Gasteiger partial charge in [-0.3, -0.25) is 4.90 Å². The minimum Gasteiger partial charge on any atom is -0.374 e. The van der Waals surface area contributed by atoms with E-state index in [9.17, 15) is 0 Å². The molecule has 2 atom stereocenters. The van der Waals surface area contributed by atoms with Crippen molar-refractivity contribution in [3.63, 3.8) is 0 Å². The Morgan fingerprint density at radius 3 is 2.90 bits per heavy atom. The van der Waals surface area contributed by atoms with E-state index in [4.69, 9.17) is 16.3 Å². The number of nitrogens with zero attached hydrogens (tertiary/aromatic N) is 1. The van der Waals surface area contributed by atoms with Gasteiger partial charge in [0.2, 0.25) is 0 Å². The van der Waals surface area contributed by atoms with Gasteiger partial charge in [-0.1, -0.05) is 23.7 Å². The fraction of sp³-hybridized carbons (Fsp3) is 0.625. The molecule has 0 saturated carbocycles. The zero-order valence-corrected chi connectivity index (χ0v) is 13.4. The highest BCUT2D eigenvalue weighted by Gasteiger charge is 2.22. The highest BCUT2D eigenvalue weighted by atomic mass is 35.5. The van der Waals surface area contributed by atoms with Gasteiger partial charge in [-0.2, -0.15) is 0 Å². The van der Waals surface area contributed by atoms with Crippen molar-refractivity contribution in [2.75, 3.05) is 26.2 Å². The van der Waals surface area contributed by atoms with Crippen LogP contribution in [0.25, 0.3) is 0 Å². The van der Waals surface area contributed by atoms with E-state index < -0.39 is 0 Å². The molecule has 1 unspecified atom stereocenters. The van der Waals surface area contributed by atoms with E-state index in [1.807, 2.05) is 18.2 Å². The van der Waals surface area contributed by atoms with Crippen LogP contribution in [-0.2, 0) is 4.74 Å². The van der Waals surface area contributed by atoms with Gasteiger partial charge in [0, 0.05) is 36.7 Å². The Hall–Kier alpha value is -0.610. The third kappa shape index (κ3) is 4.45. The van der Waals surface area contributed by atoms with Crippen LogP contribution in [0.4, 0.5) is 0 Å². The van der Waals surface area contributed by atoms with Crippen LogP contribution in [0.1, 0.15) is 32.4 Å². The predicted molar refractivity (Wildman–Crippen MR) is 84.3 cm³/mol. The van der Waals surface area contributed by atoms with Crippen LogP contribution in [0, 0.1) is 0 Å². The molecule has 3 nitrogen and oxygen atoms in total. The zero-order valence-electron chi connectivity index (χ0n) is 12.6. The zero-order chi connectivity index (χ0) is 14.5. The molecule has 112 valence electrons. The van der Waals surface area contributed by atoms with Crippen molar-refractivity contribution in [3.8, 4) is 0 Å². The Morgan fingerprint density at radius 1 is 1.40 bits per heavy atom. The first kappa shape index (κ1) is 15.8. The van der Waals surface area contributed by atoms with Gasteiger partial charge in [0.15, 0.2) is 0 Å². The molecule has 0 bridgehead atoms. The molecule has 1 aliphatic heterocycles. The molecular formula is C16H25ClN2O. The Kier molecular flexibility index (Phi) is 5.85. The molecule has 0 amide bonds. The van der Waals surface area contributed by atoms with Crippen LogP contribution in [0.2, 0.25) is 5.02 Å². The Labute approximate surface area is 127 Å². The summed E-state index contributed by atoms with van der Waals surface area (Å²) < 4.78 is 5.84. The van der Waals surface area contributed by atoms with Crippen molar-refractivity contribution in [1.82, 2.24) is 10.2 Å². The second-order valence-electron chi connectivity index (χ2n) is 5.77. The van der Waals surface area contributed by atoms with Crippen LogP contribution in [-0.4, -0.2) is 43.3 Å². The SMILES string of the molecule is CC(C)N1CCOC(CN[C@@H](C)c2cccc(Cl)c2)C1. The van der Waals surface area contributed by atoms with Crippen LogP contribution >= 0.6 is 11.6 Å². The minimum atomic E-state index is 0.271. The second kappa shape index (κ2) is 7.41. The summed E-state index contributed by atoms with van der Waals surface area (Å²) in [5.41, 5.74) is 1.22. The van der Waals surface area contributed by atoms with E-state index in [0.29, 0.717) is 6.04 Å². The largest absolute Gasteiger partial charge is 0.374 e. The van der Waals surface area contributed by atoms with Crippen LogP contribution < -0.4 is 5.32 Å². The lowest BCUT2D eigenvalue weighted by Crippen LogP contribution is -2.49. The number of hydrogen-bond donors (Lipinski definition) is 1. The standard InChI is InChI=1S/C16H25ClN2O/c1-12(2)19-7-8-20-16(11-19)10-18-13(3)14-5-4-6-15(17)9-14/h4-6,9,12-13,16,18H,7-8,10-11H2,1-3H3/t13-,16?/m0/s1. The third-order valence-electron chi connectivity index (χ3n) is 3.90. The first-order valence-corrected chi connectivity index (χ1v) is 7.78. The van der Waals surface area contributed by atoms with Crippen molar-refractivity contribution >= 4 is 11.6 Å². The molecule has 20 heavy (non-hydrogen) atoms. The van der Waals surface area contributed by atoms with Gasteiger partial charge in [-0.25, -0.2) is 0 Å². The number of halogens is 1. The summed E-state index contributed by atoms with van der Waals surface area (Å²) >= 11 is 6.03. The number of ether oxygens (including phenoxy) is 1. The molecule has 4 heteroatoms. The first-order chi connectivity index (χ1) is 9.56. The molecule has 1 N–H and O–H groups in total. The molecular weight excluding hydrogens is 272 g/mol. The maximum Gasteiger partial charge on any atom is 0.0827 e. The highest BCUT2D eigenvalue weighted by molar-refractivity contribution is 6.30. The van der Waals surface area contributed by atoms with Crippen LogP contribution in [0.15, 0.2) is 24.3 Å². The Balaban J connectivity index is 1.82. The molecule has 2 rings (SSSR count). The van der Waals surface area contributed by atoms with Crippen molar-refractivity contribution in [2.24, 2.45) is 0 Å². The van der Waals surface area contributed by atoms with E-state index >= 15 is 0 Å². The molecule has 0 aromatic heterocycles. The summed E-state index contributed by atoms with van der Waals surface area (Å²) in [5, 5.41) is 4.33. The fourth-order valence-electron chi connectivity index (χ4n) is 2.54. The van der Waals surface area contributed by atoms with E-state index in [1.54, 1.807) is 0 Å². The maximum absolute atomic E-state index is 6.03. The molecule has 0 spiro atoms. The van der Waals surface area contributed by atoms with Gasteiger partial charge in [-0.15, -0.1) is 0 Å². The fourth-order valence-corrected chi connectivity index (χ4v) is 2.74. The number of rotatable bonds is 5. The maximum atomic E-state index is 6.03. The number of benzene rings is 1. The van der Waals surface area contributed by atoms with Crippen molar-refractivity contribution in [2.45, 2.75) is 39.0 Å². The van der Waals surface area contributed by atoms with Crippen molar-refractivity contribution < 1.29 is 4.74 Å². The number of morpholine rings is 1. The average Bonchev–Trinajstić information content (AvgIpc) is 2.45. The predicted octanol–water partition coefficient (Wildman–Crippen LogP) is 3.10. The lowest BCUT2D eigenvalue weighted by atomic mass is 10.1. The summed E-state index contributed by atoms with van der Waals surface area (Å²) in [6.45, 7) is 10.4. The quantitative estimate of drug-likeness (QED) is 0.903. The highest BCUT2D eigenvalue weighted by Crippen LogP contribution is 2.17. The Morgan fingerprint density at radius 2 is 2.20 bits per heavy atom. The van der Waals surface area contributed by atoms with Gasteiger partial charge < -0.3 is 10.1 Å². The molecule has 1 aromatic carbocycles. The number of nitrogens with one attached hydrogen (secondary N) is 1. The molecule has 1 saturated heterocycles. The monoisotopic (exact) mass is 296 g/mol. The van der Waals surface area contributed by atoms with Crippen LogP contribution in [0.5, 0.6) is 0 Å². The normalized spacial score (nSPS) is 22.1. The summed E-state index contributed by atoms with van der Waals surface area (Å²) in [5.74, 6) is 0. The molecule has 1 heterocycles. The first-order valence-electron chi connectivity index (χ1n) is 7.40. The van der Waals surface area contributed by atoms with Gasteiger partial charge in [0.05, 0.1) is 12.7 Å². The molecule has 0 aliphatic carbocycles. The second-order valence-corrected chi connectivity index (χ2v) is 6.20. The van der Waals surface area contributed by atoms with Gasteiger partial charge in [-0.05, 0) is 38.5 Å². The van der Waals surface area contributed by atoms with E-state index in [-0.39, 0.29) is 12.1 Å².